The largest absolute Gasteiger partial charge is 0.456 e. The van der Waals surface area contributed by atoms with Crippen molar-refractivity contribution in [3.05, 3.63) is 52.1 Å². The molecular weight excluding hydrogens is 394 g/mol. The van der Waals surface area contributed by atoms with Gasteiger partial charge in [-0.15, -0.1) is 0 Å². The summed E-state index contributed by atoms with van der Waals surface area (Å²) in [6.45, 7) is 5.95. The van der Waals surface area contributed by atoms with Crippen molar-refractivity contribution >= 4 is 11.7 Å². The molecular formula is C21H25NO8. The number of non-ortho nitro benzene ring substituents is 1. The summed E-state index contributed by atoms with van der Waals surface area (Å²) in [5, 5.41) is 10.8. The third kappa shape index (κ3) is 5.04. The molecule has 4 rings (SSSR count). The van der Waals surface area contributed by atoms with Gasteiger partial charge in [-0.3, -0.25) is 10.1 Å². The Bertz CT molecular complexity index is 807. The molecule has 3 fully saturated rings. The van der Waals surface area contributed by atoms with E-state index in [1.165, 1.54) is 24.3 Å². The van der Waals surface area contributed by atoms with Crippen LogP contribution in [0.5, 0.6) is 0 Å². The van der Waals surface area contributed by atoms with Gasteiger partial charge in [-0.1, -0.05) is 19.9 Å². The number of rotatable bonds is 6. The van der Waals surface area contributed by atoms with Gasteiger partial charge < -0.3 is 23.7 Å². The highest BCUT2D eigenvalue weighted by Gasteiger charge is 2.45. The summed E-state index contributed by atoms with van der Waals surface area (Å²) in [6.07, 6.45) is 2.54. The van der Waals surface area contributed by atoms with E-state index in [0.29, 0.717) is 26.2 Å². The minimum Gasteiger partial charge on any atom is -0.456 e. The van der Waals surface area contributed by atoms with Gasteiger partial charge in [0.1, 0.15) is 18.3 Å². The third-order valence-electron chi connectivity index (χ3n) is 5.24. The number of benzene rings is 1. The van der Waals surface area contributed by atoms with Crippen LogP contribution in [0.1, 0.15) is 30.6 Å². The van der Waals surface area contributed by atoms with E-state index in [1.54, 1.807) is 12.2 Å². The number of epoxide rings is 1. The van der Waals surface area contributed by atoms with E-state index in [1.807, 2.05) is 0 Å². The molecule has 9 nitrogen and oxygen atoms in total. The Labute approximate surface area is 174 Å². The topological polar surface area (TPSA) is 110 Å². The van der Waals surface area contributed by atoms with Crippen LogP contribution in [0.3, 0.4) is 0 Å². The van der Waals surface area contributed by atoms with Crippen LogP contribution in [0.25, 0.3) is 0 Å². The predicted molar refractivity (Wildman–Crippen MR) is 104 cm³/mol. The third-order valence-corrected chi connectivity index (χ3v) is 5.24. The molecule has 0 saturated carbocycles. The molecule has 4 atom stereocenters. The Balaban J connectivity index is 1.39. The summed E-state index contributed by atoms with van der Waals surface area (Å²) in [5.41, 5.74) is 0.139. The average Bonchev–Trinajstić information content (AvgIpc) is 3.49. The lowest BCUT2D eigenvalue weighted by Crippen LogP contribution is -2.37. The number of hydrogen-bond donors (Lipinski definition) is 0. The lowest BCUT2D eigenvalue weighted by atomic mass is 9.96. The van der Waals surface area contributed by atoms with Crippen LogP contribution in [0.4, 0.5) is 5.69 Å². The highest BCUT2D eigenvalue weighted by molar-refractivity contribution is 5.89. The molecule has 0 N–H and O–H groups in total. The van der Waals surface area contributed by atoms with Crippen molar-refractivity contribution in [1.82, 2.24) is 0 Å². The number of esters is 1. The maximum atomic E-state index is 12.5. The Morgan fingerprint density at radius 1 is 1.13 bits per heavy atom. The van der Waals surface area contributed by atoms with E-state index in [9.17, 15) is 14.9 Å². The molecule has 3 saturated heterocycles. The molecule has 0 aliphatic carbocycles. The van der Waals surface area contributed by atoms with Crippen LogP contribution >= 0.6 is 0 Å². The van der Waals surface area contributed by atoms with Gasteiger partial charge in [0.2, 0.25) is 0 Å². The summed E-state index contributed by atoms with van der Waals surface area (Å²) in [7, 11) is 0. The van der Waals surface area contributed by atoms with Gasteiger partial charge in [0.25, 0.3) is 5.69 Å². The molecule has 3 aliphatic rings. The highest BCUT2D eigenvalue weighted by atomic mass is 16.7. The monoisotopic (exact) mass is 419 g/mol. The molecule has 162 valence electrons. The van der Waals surface area contributed by atoms with E-state index >= 15 is 0 Å². The van der Waals surface area contributed by atoms with E-state index in [0.717, 1.165) is 0 Å². The molecule has 3 aliphatic heterocycles. The second-order valence-electron chi connectivity index (χ2n) is 8.53. The summed E-state index contributed by atoms with van der Waals surface area (Å²) >= 11 is 0. The molecule has 1 aromatic carbocycles. The molecule has 0 aromatic heterocycles. The standard InChI is InChI=1S/C21H25NO8/c1-21(2)11-27-19(28-12-21)8-7-15-16(9-17(29-15)18-10-26-18)30-20(23)13-3-5-14(6-4-13)22(24)25/h3-8,15-19H,9-12H2,1-2H3/b8-7+/t15-,16-,17-,18+/m0/s1. The molecule has 9 heteroatoms. The fourth-order valence-corrected chi connectivity index (χ4v) is 3.44. The van der Waals surface area contributed by atoms with Gasteiger partial charge in [-0.2, -0.15) is 0 Å². The van der Waals surface area contributed by atoms with Gasteiger partial charge in [-0.25, -0.2) is 4.79 Å². The van der Waals surface area contributed by atoms with Crippen molar-refractivity contribution in [3.63, 3.8) is 0 Å². The van der Waals surface area contributed by atoms with E-state index in [2.05, 4.69) is 13.8 Å². The minimum absolute atomic E-state index is 0.0203. The van der Waals surface area contributed by atoms with E-state index < -0.39 is 29.4 Å². The van der Waals surface area contributed by atoms with Gasteiger partial charge in [0.05, 0.1) is 36.4 Å². The maximum Gasteiger partial charge on any atom is 0.338 e. The minimum atomic E-state index is -0.554. The summed E-state index contributed by atoms with van der Waals surface area (Å²) in [5.74, 6) is -0.554. The van der Waals surface area contributed by atoms with Crippen molar-refractivity contribution in [2.45, 2.75) is 51.0 Å². The van der Waals surface area contributed by atoms with E-state index in [4.69, 9.17) is 23.7 Å². The average molecular weight is 419 g/mol. The van der Waals surface area contributed by atoms with E-state index in [-0.39, 0.29) is 28.9 Å². The van der Waals surface area contributed by atoms with Crippen molar-refractivity contribution < 1.29 is 33.4 Å². The first-order chi connectivity index (χ1) is 14.3. The second kappa shape index (κ2) is 8.43. The molecule has 0 spiro atoms. The van der Waals surface area contributed by atoms with Crippen LogP contribution in [-0.2, 0) is 23.7 Å². The number of hydrogen-bond acceptors (Lipinski definition) is 8. The van der Waals surface area contributed by atoms with Gasteiger partial charge in [-0.05, 0) is 18.2 Å². The molecule has 0 amide bonds. The van der Waals surface area contributed by atoms with Crippen LogP contribution in [0.15, 0.2) is 36.4 Å². The lowest BCUT2D eigenvalue weighted by Gasteiger charge is -2.33. The van der Waals surface area contributed by atoms with Crippen LogP contribution in [-0.4, -0.2) is 61.4 Å². The molecule has 0 unspecified atom stereocenters. The lowest BCUT2D eigenvalue weighted by molar-refractivity contribution is -0.384. The Morgan fingerprint density at radius 2 is 1.80 bits per heavy atom. The number of nitro benzene ring substituents is 1. The maximum absolute atomic E-state index is 12.5. The first-order valence-electron chi connectivity index (χ1n) is 9.95. The number of carbonyl (C=O) groups excluding carboxylic acids is 1. The molecule has 1 aromatic rings. The van der Waals surface area contributed by atoms with Gasteiger partial charge >= 0.3 is 5.97 Å². The predicted octanol–water partition coefficient (Wildman–Crippen LogP) is 2.63. The molecule has 3 heterocycles. The fourth-order valence-electron chi connectivity index (χ4n) is 3.44. The number of nitrogens with zero attached hydrogens (tertiary/aromatic N) is 1. The SMILES string of the molecule is CC1(C)COC(/C=C/[C@@H]2O[C@H]([C@H]3CO3)C[C@@H]2OC(=O)c2ccc([N+](=O)[O-])cc2)OC1. The number of nitro groups is 1. The summed E-state index contributed by atoms with van der Waals surface area (Å²) in [4.78, 5) is 22.8. The Hall–Kier alpha value is -2.33. The fraction of sp³-hybridized carbons (Fsp3) is 0.571. The molecule has 0 bridgehead atoms. The van der Waals surface area contributed by atoms with Crippen LogP contribution in [0.2, 0.25) is 0 Å². The first-order valence-corrected chi connectivity index (χ1v) is 9.95. The van der Waals surface area contributed by atoms with Crippen LogP contribution in [0, 0.1) is 15.5 Å². The van der Waals surface area contributed by atoms with Crippen molar-refractivity contribution in [3.8, 4) is 0 Å². The smallest absolute Gasteiger partial charge is 0.338 e. The zero-order chi connectivity index (χ0) is 21.3. The Morgan fingerprint density at radius 3 is 2.40 bits per heavy atom. The molecule has 30 heavy (non-hydrogen) atoms. The summed E-state index contributed by atoms with van der Waals surface area (Å²) < 4.78 is 28.4. The Kier molecular flexibility index (Phi) is 5.88. The number of ether oxygens (including phenoxy) is 5. The van der Waals surface area contributed by atoms with Crippen LogP contribution < -0.4 is 0 Å². The first kappa shape index (κ1) is 20.9. The van der Waals surface area contributed by atoms with Crippen molar-refractivity contribution in [2.24, 2.45) is 5.41 Å². The summed E-state index contributed by atoms with van der Waals surface area (Å²) in [6, 6.07) is 5.32. The second-order valence-corrected chi connectivity index (χ2v) is 8.53. The van der Waals surface area contributed by atoms with Crippen molar-refractivity contribution in [2.75, 3.05) is 19.8 Å². The zero-order valence-electron chi connectivity index (χ0n) is 16.9. The quantitative estimate of drug-likeness (QED) is 0.228. The van der Waals surface area contributed by atoms with Crippen molar-refractivity contribution in [1.29, 1.82) is 0 Å². The van der Waals surface area contributed by atoms with Gasteiger partial charge in [0, 0.05) is 24.0 Å². The highest BCUT2D eigenvalue weighted by Crippen LogP contribution is 2.33. The number of carbonyl (C=O) groups is 1. The normalized spacial score (nSPS) is 31.0. The molecule has 0 radical (unpaired) electrons. The zero-order valence-corrected chi connectivity index (χ0v) is 16.9. The van der Waals surface area contributed by atoms with Gasteiger partial charge in [0.15, 0.2) is 6.29 Å².